The third-order valence-corrected chi connectivity index (χ3v) is 32.1. The fourth-order valence-corrected chi connectivity index (χ4v) is 22.8. The number of allylic oxidation sites excluding steroid dienone is 4. The maximum Gasteiger partial charge on any atom is 0.306 e. The van der Waals surface area contributed by atoms with Crippen molar-refractivity contribution in [3.8, 4) is 22.3 Å². The molecule has 8 aliphatic heterocycles. The number of nitrogens with two attached hydrogens (primary N) is 2. The van der Waals surface area contributed by atoms with E-state index in [1.165, 1.54) is 36.8 Å². The van der Waals surface area contributed by atoms with Crippen LogP contribution in [-0.4, -0.2) is 289 Å². The molecule has 0 unspecified atom stereocenters. The molecular formula is C104H139N24O17S3+. The Balaban J connectivity index is 0.604. The first kappa shape index (κ1) is 108. The first-order valence-corrected chi connectivity index (χ1v) is 56.8. The van der Waals surface area contributed by atoms with Crippen molar-refractivity contribution in [2.24, 2.45) is 17.4 Å². The van der Waals surface area contributed by atoms with Crippen LogP contribution < -0.4 is 77.7 Å². The van der Waals surface area contributed by atoms with E-state index in [0.29, 0.717) is 217 Å². The molecule has 16 rings (SSSR count). The topological polar surface area (TPSA) is 556 Å². The van der Waals surface area contributed by atoms with Crippen LogP contribution in [0, 0.1) is 5.92 Å². The minimum Gasteiger partial charge on any atom is -0.481 e. The Morgan fingerprint density at radius 3 is 1.31 bits per heavy atom. The molecule has 4 aromatic heterocycles. The zero-order valence-corrected chi connectivity index (χ0v) is 87.6. The lowest BCUT2D eigenvalue weighted by molar-refractivity contribution is -0.435. The highest BCUT2D eigenvalue weighted by atomic mass is 32.2. The second kappa shape index (κ2) is 47.1. The third-order valence-electron chi connectivity index (χ3n) is 29.7. The van der Waals surface area contributed by atoms with E-state index in [0.717, 1.165) is 98.1 Å². The molecule has 794 valence electrons. The van der Waals surface area contributed by atoms with Gasteiger partial charge in [-0.1, -0.05) is 64.0 Å². The van der Waals surface area contributed by atoms with Gasteiger partial charge < -0.3 is 82.8 Å². The van der Waals surface area contributed by atoms with E-state index < -0.39 is 99.6 Å². The molecule has 0 radical (unpaired) electrons. The van der Waals surface area contributed by atoms with Gasteiger partial charge in [0.15, 0.2) is 5.71 Å². The molecular weight excluding hydrogens is 1950 g/mol. The number of unbranched alkanes of at least 4 members (excludes halogenated alkanes) is 4. The summed E-state index contributed by atoms with van der Waals surface area (Å²) in [5, 5.41) is 29.7. The van der Waals surface area contributed by atoms with Gasteiger partial charge in [0.25, 0.3) is 54.0 Å². The number of anilines is 7. The third kappa shape index (κ3) is 26.1. The average molecular weight is 2090 g/mol. The molecule has 4 aromatic carbocycles. The molecule has 0 saturated carbocycles. The van der Waals surface area contributed by atoms with E-state index in [1.54, 1.807) is 19.1 Å². The van der Waals surface area contributed by atoms with Gasteiger partial charge in [-0.3, -0.25) is 47.2 Å². The second-order valence-electron chi connectivity index (χ2n) is 41.1. The number of carbonyl (C=O) groups is 7. The number of carboxylic acid groups (broad SMARTS) is 1. The summed E-state index contributed by atoms with van der Waals surface area (Å²) < 4.78 is 109. The van der Waals surface area contributed by atoms with Crippen molar-refractivity contribution in [2.45, 2.75) is 229 Å². The highest BCUT2D eigenvalue weighted by molar-refractivity contribution is 7.86. The molecule has 6 amide bonds. The van der Waals surface area contributed by atoms with Gasteiger partial charge in [0.1, 0.15) is 29.3 Å². The molecule has 0 spiro atoms. The zero-order valence-electron chi connectivity index (χ0n) is 85.2. The van der Waals surface area contributed by atoms with Crippen molar-refractivity contribution >= 4 is 146 Å². The lowest BCUT2D eigenvalue weighted by atomic mass is 9.79. The number of hydrogen-bond acceptors (Lipinski definition) is 30. The molecule has 6 saturated heterocycles. The summed E-state index contributed by atoms with van der Waals surface area (Å²) in [5.41, 5.74) is 16.2. The van der Waals surface area contributed by atoms with Gasteiger partial charge in [0.05, 0.1) is 38.8 Å². The summed E-state index contributed by atoms with van der Waals surface area (Å²) >= 11 is 0. The number of nitrogens with one attached hydrogen (secondary N) is 6. The van der Waals surface area contributed by atoms with E-state index in [4.69, 9.17) is 41.4 Å². The number of hydrogen-bond donors (Lipinski definition) is 12. The Kier molecular flexibility index (Phi) is 34.4. The summed E-state index contributed by atoms with van der Waals surface area (Å²) in [6, 6.07) is 22.1. The molecule has 44 heteroatoms. The summed E-state index contributed by atoms with van der Waals surface area (Å²) in [6.07, 6.45) is 20.5. The Bertz CT molecular complexity index is 6760. The number of rotatable bonds is 40. The lowest BCUT2D eigenvalue weighted by Gasteiger charge is -2.35. The number of aromatic nitrogens is 8. The molecule has 0 atom stereocenters. The Hall–Kier alpha value is -12.6. The zero-order chi connectivity index (χ0) is 105. The van der Waals surface area contributed by atoms with Gasteiger partial charge in [-0.25, -0.2) is 9.97 Å². The monoisotopic (exact) mass is 2090 g/mol. The number of nitrogens with zero attached hydrogens (tertiary/aromatic N) is 16. The molecule has 148 heavy (non-hydrogen) atoms. The van der Waals surface area contributed by atoms with Crippen molar-refractivity contribution in [1.29, 1.82) is 0 Å². The smallest absolute Gasteiger partial charge is 0.306 e. The number of carboxylic acids is 1. The standard InChI is InChI=1S/C104H138N24O17S3/c1-7-43-127-86(104(5,6)81-65-78(75-29-28-73(148(143,144)145)63-79(75)91(81)127)68-61-84(114-85(62-68)95(134)110-42-58-147(140,141)142)94(133)109-41-17-10-13-27-88(129)111-71-36-53-125(54-37-71)101-116-97(121-44-18-11-19-45-121)115-99(119-101)123-49-32-69(105)33-50-123)24-20-25-87-103(3,4)80-64-77(74-22-14-15-23-76(74)90(80)128(87)46-21-57-146(137,138)139)67-59-82(92(131)107-8-2)113-83(60-67)93(132)108-40-16-9-12-26-89(130)112-72-38-55-126(56-39-72)102-118-98(122-47-30-66(31-48-122)96(135)136)117-100(120-102)124-51-34-70(106)35-52-124/h14-15,20,22-25,28-29,59-66,69-72H,7-13,16-19,21,26-27,30-58,105-106H2,1-6H3,(H9-,107,108,109,110,111,112,129,130,131,132,133,134,135,136,137,138,139,140,141,142,143,144,145)/p+1. The van der Waals surface area contributed by atoms with Crippen LogP contribution in [0.15, 0.2) is 108 Å². The van der Waals surface area contributed by atoms with Crippen LogP contribution in [0.25, 0.3) is 43.8 Å². The van der Waals surface area contributed by atoms with Crippen molar-refractivity contribution in [3.05, 3.63) is 137 Å². The SMILES string of the molecule is CCCN1/C(=C/C=C/C2=[N+](CCCS(=O)(=O)O)c3c(cc(-c4cc(C(=O)NCC)nc(C(=O)NCCCCCC(=O)NC5CCN(c6nc(N7CCC(N)CC7)nc(N7CCC(C(=O)O)CC7)n6)CC5)c4)c4ccccc34)C2(C)C)C(C)(C)c2cc(-c3cc(C(=O)NCCCCCC(=O)NC4CCN(c5nc(N6CCCCC6)nc(N6CCC(N)CC6)n5)CC4)nc(C(=O)NCCS(=O)(=O)O)c3)c3ccc(S(=O)(=O)O)cc3c21. The van der Waals surface area contributed by atoms with E-state index >= 15 is 0 Å². The number of aliphatic carboxylic acids is 1. The highest BCUT2D eigenvalue weighted by Crippen LogP contribution is 2.55. The predicted octanol–water partition coefficient (Wildman–Crippen LogP) is 9.70. The van der Waals surface area contributed by atoms with E-state index in [2.05, 4.69) is 71.3 Å². The van der Waals surface area contributed by atoms with Crippen molar-refractivity contribution in [3.63, 3.8) is 0 Å². The normalized spacial score (nSPS) is 18.1. The summed E-state index contributed by atoms with van der Waals surface area (Å²) in [5.74, 6) is -1.69. The summed E-state index contributed by atoms with van der Waals surface area (Å²) in [4.78, 5) is 150. The highest BCUT2D eigenvalue weighted by Gasteiger charge is 2.48. The number of piperidine rings is 6. The van der Waals surface area contributed by atoms with E-state index in [-0.39, 0.29) is 110 Å². The molecule has 14 N–H and O–H groups in total. The quantitative estimate of drug-likeness (QED) is 0.00965. The molecule has 8 aromatic rings. The van der Waals surface area contributed by atoms with E-state index in [1.807, 2.05) is 98.7 Å². The molecule has 0 aliphatic carbocycles. The maximum atomic E-state index is 14.6. The Morgan fingerprint density at radius 2 is 0.872 bits per heavy atom. The maximum absolute atomic E-state index is 14.6. The van der Waals surface area contributed by atoms with Crippen LogP contribution >= 0.6 is 0 Å². The number of benzene rings is 4. The number of carbonyl (C=O) groups excluding carboxylic acids is 6. The van der Waals surface area contributed by atoms with Gasteiger partial charge in [0.2, 0.25) is 53.2 Å². The molecule has 0 bridgehead atoms. The first-order valence-electron chi connectivity index (χ1n) is 52.1. The minimum absolute atomic E-state index is 0.00574. The van der Waals surface area contributed by atoms with E-state index in [9.17, 15) is 77.6 Å². The summed E-state index contributed by atoms with van der Waals surface area (Å²) in [6.45, 7) is 20.7. The lowest BCUT2D eigenvalue weighted by Crippen LogP contribution is -2.46. The average Bonchev–Trinajstić information content (AvgIpc) is 1.55. The van der Waals surface area contributed by atoms with Crippen LogP contribution in [0.1, 0.15) is 242 Å². The van der Waals surface area contributed by atoms with Crippen LogP contribution in [0.3, 0.4) is 0 Å². The summed E-state index contributed by atoms with van der Waals surface area (Å²) in [7, 11) is -13.9. The van der Waals surface area contributed by atoms with Crippen LogP contribution in [0.4, 0.5) is 47.1 Å². The molecule has 41 nitrogen and oxygen atoms in total. The molecule has 6 fully saturated rings. The first-order chi connectivity index (χ1) is 70.7. The van der Waals surface area contributed by atoms with Crippen molar-refractivity contribution in [2.75, 3.05) is 164 Å². The van der Waals surface area contributed by atoms with Crippen molar-refractivity contribution < 1.29 is 82.2 Å². The van der Waals surface area contributed by atoms with Crippen LogP contribution in [0.2, 0.25) is 0 Å². The second-order valence-corrected chi connectivity index (χ2v) is 45.6. The molecule has 12 heterocycles. The minimum atomic E-state index is -4.87. The Morgan fingerprint density at radius 1 is 0.453 bits per heavy atom. The van der Waals surface area contributed by atoms with Gasteiger partial charge in [-0.05, 0) is 236 Å². The number of fused-ring (bicyclic) bond motifs is 6. The van der Waals surface area contributed by atoms with Crippen LogP contribution in [0.5, 0.6) is 0 Å². The predicted molar refractivity (Wildman–Crippen MR) is 568 cm³/mol. The van der Waals surface area contributed by atoms with Gasteiger partial charge in [-0.15, -0.1) is 0 Å². The number of amides is 6. The van der Waals surface area contributed by atoms with Crippen molar-refractivity contribution in [1.82, 2.24) is 71.8 Å². The molecule has 8 aliphatic rings. The van der Waals surface area contributed by atoms with Gasteiger partial charge >= 0.3 is 5.97 Å². The fraction of sp³-hybridized carbons (Fsp3) is 0.538. The fourth-order valence-electron chi connectivity index (χ4n) is 21.5. The van der Waals surface area contributed by atoms with Gasteiger partial charge in [0, 0.05) is 183 Å². The number of pyridine rings is 2. The van der Waals surface area contributed by atoms with Gasteiger partial charge in [-0.2, -0.15) is 59.7 Å². The van der Waals surface area contributed by atoms with Crippen LogP contribution in [-0.2, 0) is 55.6 Å². The Labute approximate surface area is 863 Å². The largest absolute Gasteiger partial charge is 0.481 e.